The van der Waals surface area contributed by atoms with E-state index in [-0.39, 0.29) is 18.1 Å². The molecule has 6 nitrogen and oxygen atoms in total. The predicted octanol–water partition coefficient (Wildman–Crippen LogP) is 2.16. The quantitative estimate of drug-likeness (QED) is 0.470. The molecule has 0 N–H and O–H groups in total. The molecule has 0 radical (unpaired) electrons. The number of methoxy groups -OCH3 is 1. The van der Waals surface area contributed by atoms with E-state index in [0.717, 1.165) is 19.3 Å². The highest BCUT2D eigenvalue weighted by Crippen LogP contribution is 2.14. The Balaban J connectivity index is 1.94. The Bertz CT molecular complexity index is 653. The lowest BCUT2D eigenvalue weighted by atomic mass is 10.1. The molecule has 0 aromatic heterocycles. The van der Waals surface area contributed by atoms with E-state index in [0.29, 0.717) is 24.4 Å². The minimum atomic E-state index is -0.793. The summed E-state index contributed by atoms with van der Waals surface area (Å²) < 4.78 is 10.0. The van der Waals surface area contributed by atoms with Gasteiger partial charge in [0.2, 0.25) is 0 Å². The molecular weight excluding hydrogens is 308 g/mol. The lowest BCUT2D eigenvalue weighted by Crippen LogP contribution is -2.38. The monoisotopic (exact) mass is 328 g/mol. The fourth-order valence-corrected chi connectivity index (χ4v) is 2.44. The summed E-state index contributed by atoms with van der Waals surface area (Å²) >= 11 is 0. The number of hydrogen-bond donors (Lipinski definition) is 0. The van der Waals surface area contributed by atoms with Crippen LogP contribution in [-0.2, 0) is 14.3 Å². The molecule has 24 heavy (non-hydrogen) atoms. The van der Waals surface area contributed by atoms with Crippen LogP contribution in [0.2, 0.25) is 0 Å². The number of nitrogens with zero attached hydrogens (tertiary/aromatic N) is 2. The summed E-state index contributed by atoms with van der Waals surface area (Å²) in [6, 6.07) is 8.72. The van der Waals surface area contributed by atoms with Crippen LogP contribution in [-0.4, -0.2) is 43.6 Å². The first-order valence-corrected chi connectivity index (χ1v) is 7.85. The van der Waals surface area contributed by atoms with E-state index >= 15 is 0 Å². The number of carbonyl (C=O) groups is 2. The van der Waals surface area contributed by atoms with Gasteiger partial charge < -0.3 is 14.4 Å². The van der Waals surface area contributed by atoms with Crippen molar-refractivity contribution in [1.29, 1.82) is 5.26 Å². The molecule has 1 aromatic rings. The number of amides is 1. The van der Waals surface area contributed by atoms with Gasteiger partial charge in [-0.2, -0.15) is 5.26 Å². The number of ether oxygens (including phenoxy) is 2. The zero-order chi connectivity index (χ0) is 17.4. The molecule has 1 aliphatic rings. The third-order valence-electron chi connectivity index (χ3n) is 3.80. The second kappa shape index (κ2) is 8.73. The van der Waals surface area contributed by atoms with Gasteiger partial charge in [0, 0.05) is 13.1 Å². The summed E-state index contributed by atoms with van der Waals surface area (Å²) in [5, 5.41) is 9.13. The summed E-state index contributed by atoms with van der Waals surface area (Å²) in [4.78, 5) is 25.6. The van der Waals surface area contributed by atoms with Crippen LogP contribution in [0.1, 0.15) is 24.8 Å². The van der Waals surface area contributed by atoms with Crippen molar-refractivity contribution in [3.63, 3.8) is 0 Å². The Hall–Kier alpha value is -2.81. The first kappa shape index (κ1) is 17.5. The van der Waals surface area contributed by atoms with Crippen LogP contribution in [0, 0.1) is 11.3 Å². The van der Waals surface area contributed by atoms with Crippen molar-refractivity contribution in [2.24, 2.45) is 0 Å². The van der Waals surface area contributed by atoms with Gasteiger partial charge in [0.15, 0.2) is 6.61 Å². The maximum absolute atomic E-state index is 12.0. The molecule has 1 fully saturated rings. The molecule has 0 bridgehead atoms. The molecule has 0 unspecified atom stereocenters. The third-order valence-corrected chi connectivity index (χ3v) is 3.80. The highest BCUT2D eigenvalue weighted by Gasteiger charge is 2.19. The standard InChI is InChI=1S/C18H20N2O4/c1-23-16-7-5-14(6-8-16)11-15(12-19)18(22)24-13-17(21)20-9-3-2-4-10-20/h5-8,11H,2-4,9-10,13H2,1H3/b15-11+. The molecule has 1 amide bonds. The zero-order valence-electron chi connectivity index (χ0n) is 13.7. The maximum atomic E-state index is 12.0. The van der Waals surface area contributed by atoms with Gasteiger partial charge in [0.05, 0.1) is 7.11 Å². The lowest BCUT2D eigenvalue weighted by Gasteiger charge is -2.26. The average molecular weight is 328 g/mol. The largest absolute Gasteiger partial charge is 0.497 e. The number of piperidine rings is 1. The molecule has 1 aliphatic heterocycles. The Morgan fingerprint density at radius 3 is 2.46 bits per heavy atom. The third kappa shape index (κ3) is 4.85. The van der Waals surface area contributed by atoms with Crippen LogP contribution >= 0.6 is 0 Å². The maximum Gasteiger partial charge on any atom is 0.349 e. The molecule has 0 aliphatic carbocycles. The van der Waals surface area contributed by atoms with Crippen LogP contribution < -0.4 is 4.74 Å². The molecule has 6 heteroatoms. The lowest BCUT2D eigenvalue weighted by molar-refractivity contribution is -0.149. The normalized spacial score (nSPS) is 14.7. The van der Waals surface area contributed by atoms with Gasteiger partial charge in [-0.3, -0.25) is 4.79 Å². The molecule has 1 saturated heterocycles. The number of rotatable bonds is 5. The first-order valence-electron chi connectivity index (χ1n) is 7.85. The number of carbonyl (C=O) groups excluding carboxylic acids is 2. The second-order valence-corrected chi connectivity index (χ2v) is 5.46. The van der Waals surface area contributed by atoms with E-state index in [4.69, 9.17) is 14.7 Å². The molecule has 2 rings (SSSR count). The van der Waals surface area contributed by atoms with Crippen molar-refractivity contribution >= 4 is 18.0 Å². The molecule has 126 valence electrons. The van der Waals surface area contributed by atoms with Gasteiger partial charge in [-0.1, -0.05) is 12.1 Å². The van der Waals surface area contributed by atoms with E-state index in [1.807, 2.05) is 6.07 Å². The van der Waals surface area contributed by atoms with Gasteiger partial charge in [-0.15, -0.1) is 0 Å². The highest BCUT2D eigenvalue weighted by molar-refractivity contribution is 5.98. The van der Waals surface area contributed by atoms with Crippen molar-refractivity contribution in [2.45, 2.75) is 19.3 Å². The van der Waals surface area contributed by atoms with Crippen LogP contribution in [0.3, 0.4) is 0 Å². The average Bonchev–Trinajstić information content (AvgIpc) is 2.65. The number of benzene rings is 1. The molecule has 0 saturated carbocycles. The first-order chi connectivity index (χ1) is 11.6. The molecule has 0 spiro atoms. The summed E-state index contributed by atoms with van der Waals surface area (Å²) in [7, 11) is 1.56. The van der Waals surface area contributed by atoms with Crippen molar-refractivity contribution in [3.8, 4) is 11.8 Å². The summed E-state index contributed by atoms with van der Waals surface area (Å²) in [5.41, 5.74) is 0.526. The SMILES string of the molecule is COc1ccc(/C=C(\C#N)C(=O)OCC(=O)N2CCCCC2)cc1. The fourth-order valence-electron chi connectivity index (χ4n) is 2.44. The number of hydrogen-bond acceptors (Lipinski definition) is 5. The minimum Gasteiger partial charge on any atom is -0.497 e. The number of esters is 1. The predicted molar refractivity (Wildman–Crippen MR) is 88.0 cm³/mol. The van der Waals surface area contributed by atoms with Crippen molar-refractivity contribution in [2.75, 3.05) is 26.8 Å². The number of likely N-dealkylation sites (tertiary alicyclic amines) is 1. The van der Waals surface area contributed by atoms with Crippen LogP contribution in [0.5, 0.6) is 5.75 Å². The van der Waals surface area contributed by atoms with Crippen LogP contribution in [0.4, 0.5) is 0 Å². The molecule has 0 atom stereocenters. The van der Waals surface area contributed by atoms with Crippen LogP contribution in [0.15, 0.2) is 29.8 Å². The van der Waals surface area contributed by atoms with Gasteiger partial charge in [0.1, 0.15) is 17.4 Å². The Morgan fingerprint density at radius 1 is 1.21 bits per heavy atom. The van der Waals surface area contributed by atoms with Crippen molar-refractivity contribution < 1.29 is 19.1 Å². The van der Waals surface area contributed by atoms with E-state index in [9.17, 15) is 9.59 Å². The topological polar surface area (TPSA) is 79.6 Å². The molecule has 1 heterocycles. The van der Waals surface area contributed by atoms with Gasteiger partial charge in [-0.25, -0.2) is 4.79 Å². The van der Waals surface area contributed by atoms with Gasteiger partial charge in [0.25, 0.3) is 5.91 Å². The second-order valence-electron chi connectivity index (χ2n) is 5.46. The van der Waals surface area contributed by atoms with E-state index < -0.39 is 5.97 Å². The smallest absolute Gasteiger partial charge is 0.349 e. The fraction of sp³-hybridized carbons (Fsp3) is 0.389. The Kier molecular flexibility index (Phi) is 6.38. The highest BCUT2D eigenvalue weighted by atomic mass is 16.5. The van der Waals surface area contributed by atoms with E-state index in [1.54, 1.807) is 36.3 Å². The minimum absolute atomic E-state index is 0.147. The Labute approximate surface area is 141 Å². The number of nitriles is 1. The van der Waals surface area contributed by atoms with Gasteiger partial charge >= 0.3 is 5.97 Å². The molecule has 1 aromatic carbocycles. The summed E-state index contributed by atoms with van der Waals surface area (Å²) in [5.74, 6) is -0.330. The van der Waals surface area contributed by atoms with Crippen molar-refractivity contribution in [3.05, 3.63) is 35.4 Å². The Morgan fingerprint density at radius 2 is 1.88 bits per heavy atom. The van der Waals surface area contributed by atoms with Gasteiger partial charge in [-0.05, 0) is 43.0 Å². The summed E-state index contributed by atoms with van der Waals surface area (Å²) in [6.45, 7) is 1.06. The van der Waals surface area contributed by atoms with Crippen LogP contribution in [0.25, 0.3) is 6.08 Å². The van der Waals surface area contributed by atoms with E-state index in [2.05, 4.69) is 0 Å². The van der Waals surface area contributed by atoms with E-state index in [1.165, 1.54) is 6.08 Å². The summed E-state index contributed by atoms with van der Waals surface area (Å²) in [6.07, 6.45) is 4.49. The zero-order valence-corrected chi connectivity index (χ0v) is 13.7. The molecular formula is C18H20N2O4. The van der Waals surface area contributed by atoms with Crippen molar-refractivity contribution in [1.82, 2.24) is 4.90 Å².